The smallest absolute Gasteiger partial charge is 0.133 e. The van der Waals surface area contributed by atoms with Crippen molar-refractivity contribution < 1.29 is 9.84 Å². The van der Waals surface area contributed by atoms with Gasteiger partial charge in [-0.1, -0.05) is 13.0 Å². The lowest BCUT2D eigenvalue weighted by Gasteiger charge is -2.27. The zero-order chi connectivity index (χ0) is 15.2. The maximum atomic E-state index is 10.0. The average molecular weight is 356 g/mol. The van der Waals surface area contributed by atoms with Gasteiger partial charge in [0.05, 0.1) is 4.47 Å². The lowest BCUT2D eigenvalue weighted by molar-refractivity contribution is 0.100. The summed E-state index contributed by atoms with van der Waals surface area (Å²) in [5.41, 5.74) is 1.18. The van der Waals surface area contributed by atoms with Crippen LogP contribution in [0.3, 0.4) is 0 Å². The van der Waals surface area contributed by atoms with E-state index in [0.29, 0.717) is 19.2 Å². The van der Waals surface area contributed by atoms with Crippen molar-refractivity contribution in [1.82, 2.24) is 5.32 Å². The molecule has 0 saturated heterocycles. The van der Waals surface area contributed by atoms with Crippen LogP contribution in [0.5, 0.6) is 5.75 Å². The molecule has 2 N–H and O–H groups in total. The molecular formula is C17H26BrNO2. The normalized spacial score (nSPS) is 23.8. The molecule has 0 aromatic heterocycles. The van der Waals surface area contributed by atoms with E-state index in [9.17, 15) is 5.11 Å². The summed E-state index contributed by atoms with van der Waals surface area (Å²) in [6.07, 6.45) is 4.55. The van der Waals surface area contributed by atoms with E-state index in [4.69, 9.17) is 4.74 Å². The third-order valence-electron chi connectivity index (χ3n) is 4.18. The molecule has 1 aromatic rings. The summed E-state index contributed by atoms with van der Waals surface area (Å²) in [6.45, 7) is 5.27. The van der Waals surface area contributed by atoms with Crippen molar-refractivity contribution in [2.45, 2.75) is 51.7 Å². The molecular weight excluding hydrogens is 330 g/mol. The van der Waals surface area contributed by atoms with Crippen LogP contribution in [-0.4, -0.2) is 30.4 Å². The summed E-state index contributed by atoms with van der Waals surface area (Å²) in [6, 6.07) is 6.51. The monoisotopic (exact) mass is 355 g/mol. The highest BCUT2D eigenvalue weighted by Gasteiger charge is 2.18. The molecule has 1 atom stereocenters. The topological polar surface area (TPSA) is 41.5 Å². The van der Waals surface area contributed by atoms with Gasteiger partial charge < -0.3 is 15.2 Å². The lowest BCUT2D eigenvalue weighted by Crippen LogP contribution is -2.39. The third-order valence-corrected chi connectivity index (χ3v) is 4.80. The third kappa shape index (κ3) is 5.61. The second-order valence-corrected chi connectivity index (χ2v) is 7.12. The van der Waals surface area contributed by atoms with Crippen molar-refractivity contribution in [3.8, 4) is 5.75 Å². The van der Waals surface area contributed by atoms with E-state index in [1.54, 1.807) is 0 Å². The zero-order valence-electron chi connectivity index (χ0n) is 12.9. The predicted octanol–water partition coefficient (Wildman–Crippen LogP) is 3.67. The molecule has 2 rings (SSSR count). The first-order valence-electron chi connectivity index (χ1n) is 7.85. The number of halogens is 1. The van der Waals surface area contributed by atoms with Gasteiger partial charge in [0.2, 0.25) is 0 Å². The number of rotatable bonds is 6. The molecule has 1 aliphatic carbocycles. The van der Waals surface area contributed by atoms with Gasteiger partial charge in [-0.15, -0.1) is 0 Å². The molecule has 21 heavy (non-hydrogen) atoms. The van der Waals surface area contributed by atoms with E-state index in [1.807, 2.05) is 25.1 Å². The highest BCUT2D eigenvalue weighted by molar-refractivity contribution is 9.10. The summed E-state index contributed by atoms with van der Waals surface area (Å²) < 4.78 is 6.61. The van der Waals surface area contributed by atoms with Crippen LogP contribution in [0.15, 0.2) is 22.7 Å². The number of nitrogens with one attached hydrogen (secondary N) is 1. The minimum Gasteiger partial charge on any atom is -0.490 e. The van der Waals surface area contributed by atoms with Crippen LogP contribution >= 0.6 is 15.9 Å². The molecule has 1 unspecified atom stereocenters. The Morgan fingerprint density at radius 2 is 2.05 bits per heavy atom. The van der Waals surface area contributed by atoms with E-state index >= 15 is 0 Å². The molecule has 1 saturated carbocycles. The molecule has 0 amide bonds. The van der Waals surface area contributed by atoms with Gasteiger partial charge in [0, 0.05) is 12.6 Å². The molecule has 0 heterocycles. The lowest BCUT2D eigenvalue weighted by atomic mass is 9.87. The standard InChI is InChI=1S/C17H26BrNO2/c1-12-3-6-14(7-4-12)19-10-15(20)11-21-17-8-5-13(2)9-16(17)18/h5,8-9,12,14-15,19-20H,3-4,6-7,10-11H2,1-2H3. The fourth-order valence-electron chi connectivity index (χ4n) is 2.73. The van der Waals surface area contributed by atoms with Crippen LogP contribution < -0.4 is 10.1 Å². The summed E-state index contributed by atoms with van der Waals surface area (Å²) >= 11 is 3.48. The van der Waals surface area contributed by atoms with Crippen molar-refractivity contribution in [2.75, 3.05) is 13.2 Å². The summed E-state index contributed by atoms with van der Waals surface area (Å²) in [5, 5.41) is 13.5. The predicted molar refractivity (Wildman–Crippen MR) is 89.8 cm³/mol. The molecule has 118 valence electrons. The van der Waals surface area contributed by atoms with E-state index < -0.39 is 6.10 Å². The number of aryl methyl sites for hydroxylation is 1. The van der Waals surface area contributed by atoms with Gasteiger partial charge in [0.15, 0.2) is 0 Å². The van der Waals surface area contributed by atoms with Gasteiger partial charge in [-0.25, -0.2) is 0 Å². The Bertz CT molecular complexity index is 444. The highest BCUT2D eigenvalue weighted by atomic mass is 79.9. The fraction of sp³-hybridized carbons (Fsp3) is 0.647. The number of aliphatic hydroxyl groups is 1. The number of aliphatic hydroxyl groups excluding tert-OH is 1. The molecule has 0 bridgehead atoms. The SMILES string of the molecule is Cc1ccc(OCC(O)CNC2CCC(C)CC2)c(Br)c1. The first-order valence-corrected chi connectivity index (χ1v) is 8.64. The van der Waals surface area contributed by atoms with E-state index in [1.165, 1.54) is 31.2 Å². The summed E-state index contributed by atoms with van der Waals surface area (Å²) in [5.74, 6) is 1.64. The van der Waals surface area contributed by atoms with Gasteiger partial charge in [-0.3, -0.25) is 0 Å². The minimum atomic E-state index is -0.474. The first-order chi connectivity index (χ1) is 10.0. The van der Waals surface area contributed by atoms with Crippen molar-refractivity contribution in [3.63, 3.8) is 0 Å². The summed E-state index contributed by atoms with van der Waals surface area (Å²) in [4.78, 5) is 0. The molecule has 3 nitrogen and oxygen atoms in total. The molecule has 0 radical (unpaired) electrons. The molecule has 1 aromatic carbocycles. The Balaban J connectivity index is 1.68. The fourth-order valence-corrected chi connectivity index (χ4v) is 3.34. The zero-order valence-corrected chi connectivity index (χ0v) is 14.5. The Morgan fingerprint density at radius 3 is 2.71 bits per heavy atom. The van der Waals surface area contributed by atoms with Gasteiger partial charge in [-0.2, -0.15) is 0 Å². The second-order valence-electron chi connectivity index (χ2n) is 6.26. The summed E-state index contributed by atoms with van der Waals surface area (Å²) in [7, 11) is 0. The Morgan fingerprint density at radius 1 is 1.33 bits per heavy atom. The van der Waals surface area contributed by atoms with Gasteiger partial charge in [0.1, 0.15) is 18.5 Å². The van der Waals surface area contributed by atoms with Gasteiger partial charge in [0.25, 0.3) is 0 Å². The van der Waals surface area contributed by atoms with Crippen molar-refractivity contribution in [1.29, 1.82) is 0 Å². The van der Waals surface area contributed by atoms with Crippen molar-refractivity contribution in [2.24, 2.45) is 5.92 Å². The maximum absolute atomic E-state index is 10.0. The van der Waals surface area contributed by atoms with E-state index in [2.05, 4.69) is 28.2 Å². The van der Waals surface area contributed by atoms with Gasteiger partial charge >= 0.3 is 0 Å². The Hall–Kier alpha value is -0.580. The van der Waals surface area contributed by atoms with Crippen LogP contribution in [0.4, 0.5) is 0 Å². The number of hydrogen-bond acceptors (Lipinski definition) is 3. The number of ether oxygens (including phenoxy) is 1. The number of hydrogen-bond donors (Lipinski definition) is 2. The van der Waals surface area contributed by atoms with Crippen molar-refractivity contribution in [3.05, 3.63) is 28.2 Å². The van der Waals surface area contributed by atoms with Gasteiger partial charge in [-0.05, 0) is 72.2 Å². The molecule has 0 aliphatic heterocycles. The average Bonchev–Trinajstić information content (AvgIpc) is 2.46. The van der Waals surface area contributed by atoms with Crippen LogP contribution in [0.2, 0.25) is 0 Å². The Labute approximate surface area is 136 Å². The first kappa shape index (κ1) is 16.8. The van der Waals surface area contributed by atoms with Crippen LogP contribution in [-0.2, 0) is 0 Å². The Kier molecular flexibility index (Phi) is 6.52. The molecule has 1 fully saturated rings. The van der Waals surface area contributed by atoms with Crippen LogP contribution in [0.25, 0.3) is 0 Å². The van der Waals surface area contributed by atoms with Crippen LogP contribution in [0, 0.1) is 12.8 Å². The highest BCUT2D eigenvalue weighted by Crippen LogP contribution is 2.26. The van der Waals surface area contributed by atoms with Crippen molar-refractivity contribution >= 4 is 15.9 Å². The minimum absolute atomic E-state index is 0.317. The molecule has 4 heteroatoms. The largest absolute Gasteiger partial charge is 0.490 e. The van der Waals surface area contributed by atoms with E-state index in [-0.39, 0.29) is 0 Å². The quantitative estimate of drug-likeness (QED) is 0.817. The van der Waals surface area contributed by atoms with E-state index in [0.717, 1.165) is 16.1 Å². The van der Waals surface area contributed by atoms with Crippen LogP contribution in [0.1, 0.15) is 38.2 Å². The molecule has 1 aliphatic rings. The second kappa shape index (κ2) is 8.16. The number of benzene rings is 1. The maximum Gasteiger partial charge on any atom is 0.133 e. The molecule has 0 spiro atoms.